The van der Waals surface area contributed by atoms with Crippen LogP contribution < -0.4 is 5.56 Å². The zero-order valence-electron chi connectivity index (χ0n) is 10.7. The molecular weight excluding hydrogens is 238 g/mol. The topological polar surface area (TPSA) is 74.6 Å². The van der Waals surface area contributed by atoms with Gasteiger partial charge in [0.25, 0.3) is 5.56 Å². The summed E-state index contributed by atoms with van der Waals surface area (Å²) in [5.41, 5.74) is -1.71. The van der Waals surface area contributed by atoms with Crippen LogP contribution >= 0.6 is 0 Å². The van der Waals surface area contributed by atoms with Crippen molar-refractivity contribution in [2.75, 3.05) is 7.11 Å². The third-order valence-electron chi connectivity index (χ3n) is 1.94. The zero-order valence-corrected chi connectivity index (χ0v) is 10.7. The summed E-state index contributed by atoms with van der Waals surface area (Å²) in [6.45, 7) is 5.04. The van der Waals surface area contributed by atoms with E-state index < -0.39 is 23.2 Å². The Hall–Kier alpha value is -2.11. The van der Waals surface area contributed by atoms with E-state index in [1.165, 1.54) is 18.3 Å². The van der Waals surface area contributed by atoms with Gasteiger partial charge in [0.15, 0.2) is 0 Å². The van der Waals surface area contributed by atoms with Crippen molar-refractivity contribution in [3.8, 4) is 0 Å². The molecule has 6 nitrogen and oxygen atoms in total. The summed E-state index contributed by atoms with van der Waals surface area (Å²) in [5, 5.41) is 0. The molecule has 1 heterocycles. The molecular formula is C12H15NO5. The molecule has 1 rings (SSSR count). The molecule has 0 fully saturated rings. The van der Waals surface area contributed by atoms with E-state index in [-0.39, 0.29) is 5.56 Å². The third-order valence-corrected chi connectivity index (χ3v) is 1.94. The second kappa shape index (κ2) is 5.03. The van der Waals surface area contributed by atoms with Crippen LogP contribution in [0.3, 0.4) is 0 Å². The number of hydrogen-bond acceptors (Lipinski definition) is 5. The normalized spacial score (nSPS) is 10.9. The smallest absolute Gasteiger partial charge is 0.421 e. The summed E-state index contributed by atoms with van der Waals surface area (Å²) < 4.78 is 10.2. The molecule has 0 spiro atoms. The first-order chi connectivity index (χ1) is 8.26. The lowest BCUT2D eigenvalue weighted by atomic mass is 10.2. The van der Waals surface area contributed by atoms with Gasteiger partial charge < -0.3 is 9.47 Å². The number of aromatic nitrogens is 1. The summed E-state index contributed by atoms with van der Waals surface area (Å²) in [6, 6.07) is 2.69. The molecule has 0 N–H and O–H groups in total. The molecule has 0 aliphatic carbocycles. The van der Waals surface area contributed by atoms with Gasteiger partial charge in [-0.15, -0.1) is 0 Å². The fourth-order valence-corrected chi connectivity index (χ4v) is 1.21. The minimum absolute atomic E-state index is 0.217. The molecule has 1 aromatic heterocycles. The molecule has 0 aromatic carbocycles. The van der Waals surface area contributed by atoms with Crippen LogP contribution in [0.5, 0.6) is 0 Å². The molecule has 0 radical (unpaired) electrons. The Morgan fingerprint density at radius 1 is 1.28 bits per heavy atom. The first kappa shape index (κ1) is 14.0. The zero-order chi connectivity index (χ0) is 13.9. The average Bonchev–Trinajstić information content (AvgIpc) is 2.26. The Balaban J connectivity index is 3.16. The van der Waals surface area contributed by atoms with Crippen LogP contribution in [0.15, 0.2) is 23.1 Å². The largest absolute Gasteiger partial charge is 0.465 e. The van der Waals surface area contributed by atoms with E-state index in [0.717, 1.165) is 11.7 Å². The highest BCUT2D eigenvalue weighted by molar-refractivity contribution is 5.89. The highest BCUT2D eigenvalue weighted by Crippen LogP contribution is 2.08. The molecule has 18 heavy (non-hydrogen) atoms. The number of nitrogens with zero attached hydrogens (tertiary/aromatic N) is 1. The van der Waals surface area contributed by atoms with Gasteiger partial charge in [0.2, 0.25) is 0 Å². The summed E-state index contributed by atoms with van der Waals surface area (Å²) in [7, 11) is 1.16. The maximum Gasteiger partial charge on any atom is 0.421 e. The summed E-state index contributed by atoms with van der Waals surface area (Å²) in [4.78, 5) is 34.9. The van der Waals surface area contributed by atoms with Gasteiger partial charge in [-0.05, 0) is 32.9 Å². The predicted octanol–water partition coefficient (Wildman–Crippen LogP) is 1.42. The molecule has 0 atom stereocenters. The number of carbonyl (C=O) groups is 2. The van der Waals surface area contributed by atoms with E-state index in [1.54, 1.807) is 20.8 Å². The molecule has 0 amide bonds. The maximum absolute atomic E-state index is 11.9. The molecule has 0 saturated heterocycles. The monoisotopic (exact) mass is 253 g/mol. The van der Waals surface area contributed by atoms with Gasteiger partial charge in [-0.2, -0.15) is 0 Å². The van der Waals surface area contributed by atoms with Crippen molar-refractivity contribution in [3.05, 3.63) is 34.2 Å². The van der Waals surface area contributed by atoms with Gasteiger partial charge in [0.1, 0.15) is 11.2 Å². The van der Waals surface area contributed by atoms with E-state index in [2.05, 4.69) is 4.74 Å². The van der Waals surface area contributed by atoms with E-state index >= 15 is 0 Å². The fraction of sp³-hybridized carbons (Fsp3) is 0.417. The van der Waals surface area contributed by atoms with Gasteiger partial charge in [-0.1, -0.05) is 0 Å². The van der Waals surface area contributed by atoms with Crippen molar-refractivity contribution < 1.29 is 19.1 Å². The number of esters is 1. The highest BCUT2D eigenvalue weighted by atomic mass is 16.6. The van der Waals surface area contributed by atoms with Crippen molar-refractivity contribution in [2.24, 2.45) is 0 Å². The number of ether oxygens (including phenoxy) is 2. The van der Waals surface area contributed by atoms with Crippen LogP contribution in [0, 0.1) is 0 Å². The van der Waals surface area contributed by atoms with E-state index in [4.69, 9.17) is 4.74 Å². The van der Waals surface area contributed by atoms with E-state index in [9.17, 15) is 14.4 Å². The molecule has 1 aromatic rings. The number of methoxy groups -OCH3 is 1. The lowest BCUT2D eigenvalue weighted by Crippen LogP contribution is -2.35. The standard InChI is InChI=1S/C12H15NO5/c1-12(2,3)18-11(16)13-7-5-6-8(9(13)14)10(15)17-4/h5-7H,1-4H3. The van der Waals surface area contributed by atoms with Crippen molar-refractivity contribution in [1.82, 2.24) is 4.57 Å². The molecule has 0 bridgehead atoms. The number of hydrogen-bond donors (Lipinski definition) is 0. The van der Waals surface area contributed by atoms with Crippen molar-refractivity contribution in [2.45, 2.75) is 26.4 Å². The predicted molar refractivity (Wildman–Crippen MR) is 63.7 cm³/mol. The van der Waals surface area contributed by atoms with Crippen LogP contribution in [0.4, 0.5) is 4.79 Å². The summed E-state index contributed by atoms with van der Waals surface area (Å²) >= 11 is 0. The van der Waals surface area contributed by atoms with Crippen LogP contribution in [-0.2, 0) is 9.47 Å². The number of rotatable bonds is 1. The Morgan fingerprint density at radius 2 is 1.89 bits per heavy atom. The average molecular weight is 253 g/mol. The Morgan fingerprint density at radius 3 is 2.39 bits per heavy atom. The highest BCUT2D eigenvalue weighted by Gasteiger charge is 2.21. The lowest BCUT2D eigenvalue weighted by Gasteiger charge is -2.19. The number of pyridine rings is 1. The van der Waals surface area contributed by atoms with Crippen molar-refractivity contribution in [3.63, 3.8) is 0 Å². The molecule has 0 unspecified atom stereocenters. The van der Waals surface area contributed by atoms with Crippen LogP contribution in [0.2, 0.25) is 0 Å². The minimum atomic E-state index is -0.835. The van der Waals surface area contributed by atoms with Gasteiger partial charge >= 0.3 is 12.1 Å². The van der Waals surface area contributed by atoms with Crippen molar-refractivity contribution in [1.29, 1.82) is 0 Å². The van der Waals surface area contributed by atoms with Crippen LogP contribution in [-0.4, -0.2) is 29.3 Å². The minimum Gasteiger partial charge on any atom is -0.465 e. The second-order valence-electron chi connectivity index (χ2n) is 4.57. The van der Waals surface area contributed by atoms with Crippen molar-refractivity contribution >= 4 is 12.1 Å². The van der Waals surface area contributed by atoms with E-state index in [0.29, 0.717) is 0 Å². The quantitative estimate of drug-likeness (QED) is 0.707. The molecule has 0 saturated carbocycles. The Bertz CT molecular complexity index is 524. The van der Waals surface area contributed by atoms with Gasteiger partial charge in [-0.3, -0.25) is 4.79 Å². The first-order valence-electron chi connectivity index (χ1n) is 5.29. The lowest BCUT2D eigenvalue weighted by molar-refractivity contribution is 0.0528. The number of carbonyl (C=O) groups excluding carboxylic acids is 2. The Labute approximate surface area is 104 Å². The molecule has 0 aliphatic rings. The fourth-order valence-electron chi connectivity index (χ4n) is 1.21. The third kappa shape index (κ3) is 3.19. The molecule has 6 heteroatoms. The van der Waals surface area contributed by atoms with Gasteiger partial charge in [-0.25, -0.2) is 14.2 Å². The second-order valence-corrected chi connectivity index (χ2v) is 4.57. The SMILES string of the molecule is COC(=O)c1cccn(C(=O)OC(C)(C)C)c1=O. The van der Waals surface area contributed by atoms with Gasteiger partial charge in [0, 0.05) is 6.20 Å². The van der Waals surface area contributed by atoms with E-state index in [1.807, 2.05) is 0 Å². The van der Waals surface area contributed by atoms with Crippen LogP contribution in [0.25, 0.3) is 0 Å². The summed E-state index contributed by atoms with van der Waals surface area (Å²) in [5.74, 6) is -0.794. The van der Waals surface area contributed by atoms with Crippen LogP contribution in [0.1, 0.15) is 31.1 Å². The Kier molecular flexibility index (Phi) is 3.90. The molecule has 0 aliphatic heterocycles. The van der Waals surface area contributed by atoms with Gasteiger partial charge in [0.05, 0.1) is 7.11 Å². The molecule has 98 valence electrons. The summed E-state index contributed by atoms with van der Waals surface area (Å²) in [6.07, 6.45) is 0.404. The maximum atomic E-state index is 11.9. The first-order valence-corrected chi connectivity index (χ1v) is 5.29.